The molecular formula is C24H84N6Si12Y2. The van der Waals surface area contributed by atoms with E-state index in [9.17, 15) is 0 Å². The van der Waals surface area contributed by atoms with Crippen molar-refractivity contribution in [3.63, 3.8) is 0 Å². The van der Waals surface area contributed by atoms with Crippen LogP contribution in [0.4, 0.5) is 0 Å². The monoisotopic (exact) mass is 970 g/mol. The predicted octanol–water partition coefficient (Wildman–Crippen LogP) is 7.96. The van der Waals surface area contributed by atoms with Crippen molar-refractivity contribution in [3.8, 4) is 0 Å². The van der Waals surface area contributed by atoms with E-state index in [1.807, 2.05) is 0 Å². The van der Waals surface area contributed by atoms with Gasteiger partial charge in [0.15, 0.2) is 0 Å². The van der Waals surface area contributed by atoms with Gasteiger partial charge in [0.25, 0.3) is 0 Å². The molecule has 6 nitrogen and oxygen atoms in total. The van der Waals surface area contributed by atoms with Crippen LogP contribution in [0.15, 0.2) is 0 Å². The van der Waals surface area contributed by atoms with Crippen LogP contribution in [0, 0.1) is 0 Å². The average molecular weight is 972 g/mol. The molecular weight excluding hydrogens is 887 g/mol. The summed E-state index contributed by atoms with van der Waals surface area (Å²) in [5.41, 5.74) is 0. The first-order valence-electron chi connectivity index (χ1n) is 17.0. The van der Waals surface area contributed by atoms with E-state index in [4.69, 9.17) is 0 Å². The van der Waals surface area contributed by atoms with Crippen molar-refractivity contribution in [2.45, 2.75) is 157 Å². The van der Waals surface area contributed by atoms with Gasteiger partial charge in [-0.3, -0.25) is 0 Å². The Labute approximate surface area is 353 Å². The zero-order valence-corrected chi connectivity index (χ0v) is 54.3. The van der Waals surface area contributed by atoms with Crippen LogP contribution in [-0.4, -0.2) is 107 Å². The van der Waals surface area contributed by atoms with Crippen molar-refractivity contribution in [2.24, 2.45) is 0 Å². The maximum Gasteiger partial charge on any atom is 3.00 e. The van der Waals surface area contributed by atoms with Gasteiger partial charge in [-0.1, -0.05) is 265 Å². The summed E-state index contributed by atoms with van der Waals surface area (Å²) in [6.45, 7) is 54.5. The van der Waals surface area contributed by atoms with Crippen LogP contribution in [0.25, 0.3) is 27.9 Å². The molecule has 0 heterocycles. The van der Waals surface area contributed by atoms with Gasteiger partial charge in [0.1, 0.15) is 0 Å². The topological polar surface area (TPSA) is 84.6 Å². The molecule has 0 rings (SSSR count). The van der Waals surface area contributed by atoms with Crippen LogP contribution in [0.1, 0.15) is 0 Å². The van der Waals surface area contributed by atoms with Crippen molar-refractivity contribution in [1.82, 2.24) is 0 Å². The summed E-state index contributed by atoms with van der Waals surface area (Å²) < 4.78 is 27.3. The molecule has 0 amide bonds. The van der Waals surface area contributed by atoms with E-state index in [2.05, 4.69) is 185 Å². The fraction of sp³-hybridized carbons (Fsp3) is 1.00. The van der Waals surface area contributed by atoms with Crippen LogP contribution in [-0.2, 0) is 65.4 Å². The largest absolute Gasteiger partial charge is 3.00 e. The van der Waals surface area contributed by atoms with E-state index in [-0.39, 0.29) is 65.4 Å². The number of nitrogens with zero attached hydrogens (tertiary/aromatic N) is 6. The molecule has 0 bridgehead atoms. The van der Waals surface area contributed by atoms with Crippen molar-refractivity contribution in [2.75, 3.05) is 0 Å². The minimum Gasteiger partial charge on any atom is -0.672 e. The third-order valence-electron chi connectivity index (χ3n) is 3.58. The van der Waals surface area contributed by atoms with E-state index >= 15 is 0 Å². The molecule has 0 aromatic heterocycles. The van der Waals surface area contributed by atoms with E-state index < -0.39 is 107 Å². The molecule has 0 aromatic carbocycles. The van der Waals surface area contributed by atoms with Crippen LogP contribution >= 0.6 is 0 Å². The summed E-state index contributed by atoms with van der Waals surface area (Å²) >= 11 is 0. The Morgan fingerprint density at radius 1 is 0.159 bits per heavy atom. The molecule has 0 fully saturated rings. The van der Waals surface area contributed by atoms with Crippen LogP contribution in [0.5, 0.6) is 0 Å². The Balaban J connectivity index is -0.0000000584. The standard InChI is InChI=1S/6C4H14NSi2.2Y/c6*1-6(2)5-7(3)4;;/h6*6-7H,1-4H3;;/q6*-1;2*+3. The summed E-state index contributed by atoms with van der Waals surface area (Å²) in [7, 11) is -6.50. The molecule has 0 aliphatic rings. The Bertz CT molecular complexity index is 354. The summed E-state index contributed by atoms with van der Waals surface area (Å²) in [6, 6.07) is 0. The van der Waals surface area contributed by atoms with E-state index in [1.165, 1.54) is 0 Å². The van der Waals surface area contributed by atoms with Gasteiger partial charge in [-0.2, -0.15) is 0 Å². The molecule has 0 aliphatic carbocycles. The molecule has 0 N–H and O–H groups in total. The second-order valence-electron chi connectivity index (χ2n) is 14.0. The molecule has 0 atom stereocenters. The summed E-state index contributed by atoms with van der Waals surface area (Å²) in [5.74, 6) is 0. The Morgan fingerprint density at radius 3 is 0.205 bits per heavy atom. The first kappa shape index (κ1) is 66.8. The second kappa shape index (κ2) is 47.6. The fourth-order valence-electron chi connectivity index (χ4n) is 3.58. The first-order chi connectivity index (χ1) is 18.8. The first-order valence-corrected chi connectivity index (χ1v) is 50.9. The van der Waals surface area contributed by atoms with Crippen molar-refractivity contribution >= 4 is 107 Å². The fourth-order valence-corrected chi connectivity index (χ4v) is 32.2. The van der Waals surface area contributed by atoms with Gasteiger partial charge >= 0.3 is 65.4 Å². The normalized spacial score (nSPS) is 10.6. The molecule has 0 saturated carbocycles. The van der Waals surface area contributed by atoms with Gasteiger partial charge in [-0.25, -0.2) is 0 Å². The van der Waals surface area contributed by atoms with E-state index in [0.29, 0.717) is 0 Å². The Kier molecular flexibility index (Phi) is 72.2. The summed E-state index contributed by atoms with van der Waals surface area (Å²) in [4.78, 5) is 0. The van der Waals surface area contributed by atoms with Gasteiger partial charge < -0.3 is 27.9 Å². The van der Waals surface area contributed by atoms with E-state index in [1.54, 1.807) is 0 Å². The predicted molar refractivity (Wildman–Crippen MR) is 247 cm³/mol. The van der Waals surface area contributed by atoms with Gasteiger partial charge in [-0.05, 0) is 0 Å². The molecule has 0 aromatic rings. The van der Waals surface area contributed by atoms with Gasteiger partial charge in [-0.15, -0.1) is 0 Å². The van der Waals surface area contributed by atoms with Crippen molar-refractivity contribution < 1.29 is 65.4 Å². The SMILES string of the molecule is C[SiH](C)[N-][SiH](C)C.C[SiH](C)[N-][SiH](C)C.C[SiH](C)[N-][SiH](C)C.C[SiH](C)[N-][SiH](C)C.C[SiH](C)[N-][SiH](C)C.C[SiH](C)[N-][SiH](C)C.[Y+3].[Y+3]. The Hall–Kier alpha value is 4.57. The Morgan fingerprint density at radius 2 is 0.205 bits per heavy atom. The minimum atomic E-state index is -0.542. The summed E-state index contributed by atoms with van der Waals surface area (Å²) in [5, 5.41) is 0. The van der Waals surface area contributed by atoms with Crippen LogP contribution in [0.3, 0.4) is 0 Å². The molecule has 0 saturated heterocycles. The molecule has 0 unspecified atom stereocenters. The maximum absolute atomic E-state index is 4.56. The average Bonchev–Trinajstić information content (AvgIpc) is 2.63. The number of rotatable bonds is 12. The molecule has 20 heteroatoms. The van der Waals surface area contributed by atoms with E-state index in [0.717, 1.165) is 0 Å². The number of hydrogen-bond acceptors (Lipinski definition) is 0. The van der Waals surface area contributed by atoms with Crippen molar-refractivity contribution in [1.29, 1.82) is 0 Å². The van der Waals surface area contributed by atoms with Crippen LogP contribution in [0.2, 0.25) is 157 Å². The molecule has 0 spiro atoms. The smallest absolute Gasteiger partial charge is 0.672 e. The third kappa shape index (κ3) is 118. The third-order valence-corrected chi connectivity index (χ3v) is 32.2. The molecule has 0 radical (unpaired) electrons. The van der Waals surface area contributed by atoms with Crippen molar-refractivity contribution in [3.05, 3.63) is 27.9 Å². The van der Waals surface area contributed by atoms with Gasteiger partial charge in [0, 0.05) is 0 Å². The quantitative estimate of drug-likeness (QED) is 0.178. The summed E-state index contributed by atoms with van der Waals surface area (Å²) in [6.07, 6.45) is 0. The van der Waals surface area contributed by atoms with Gasteiger partial charge in [0.05, 0.1) is 0 Å². The zero-order chi connectivity index (χ0) is 35.2. The molecule has 264 valence electrons. The zero-order valence-electron chi connectivity index (χ0n) is 34.8. The molecule has 44 heavy (non-hydrogen) atoms. The maximum atomic E-state index is 4.56. The van der Waals surface area contributed by atoms with Crippen LogP contribution < -0.4 is 0 Å². The second-order valence-corrected chi connectivity index (χ2v) is 47.4. The number of hydrogen-bond donors (Lipinski definition) is 0. The van der Waals surface area contributed by atoms with Gasteiger partial charge in [0.2, 0.25) is 0 Å². The molecule has 0 aliphatic heterocycles. The minimum absolute atomic E-state index is 0.